The fourth-order valence-electron chi connectivity index (χ4n) is 0.469. The maximum Gasteiger partial charge on any atom is -0.000957 e. The first-order valence-electron chi connectivity index (χ1n) is 3.39. The van der Waals surface area contributed by atoms with Gasteiger partial charge in [0.1, 0.15) is 0 Å². The Kier molecular flexibility index (Phi) is 4.97. The zero-order chi connectivity index (χ0) is 7.28. The third-order valence-electron chi connectivity index (χ3n) is 0.980. The number of hydrogen-bond donors (Lipinski definition) is 0. The molecule has 0 aliphatic rings. The van der Waals surface area contributed by atoms with Crippen LogP contribution < -0.4 is 0 Å². The van der Waals surface area contributed by atoms with Crippen LogP contribution in [0.4, 0.5) is 0 Å². The number of thioether (sulfide) groups is 1. The second-order valence-corrected chi connectivity index (χ2v) is 4.31. The van der Waals surface area contributed by atoms with Crippen LogP contribution in [0.2, 0.25) is 0 Å². The lowest BCUT2D eigenvalue weighted by atomic mass is 10.3. The molecule has 0 saturated carbocycles. The molecule has 0 aromatic heterocycles. The smallest absolute Gasteiger partial charge is 0.000957 e. The zero-order valence-corrected chi connectivity index (χ0v) is 7.42. The highest BCUT2D eigenvalue weighted by Gasteiger charge is 1.92. The summed E-state index contributed by atoms with van der Waals surface area (Å²) in [5.74, 6) is 1.23. The van der Waals surface area contributed by atoms with E-state index in [1.54, 1.807) is 0 Å². The van der Waals surface area contributed by atoms with Gasteiger partial charge in [-0.3, -0.25) is 0 Å². The molecule has 0 heterocycles. The van der Waals surface area contributed by atoms with Crippen LogP contribution in [-0.4, -0.2) is 11.0 Å². The molecule has 0 aliphatic carbocycles. The van der Waals surface area contributed by atoms with Crippen molar-refractivity contribution in [3.05, 3.63) is 12.2 Å². The van der Waals surface area contributed by atoms with Gasteiger partial charge in [0.15, 0.2) is 0 Å². The van der Waals surface area contributed by atoms with Crippen LogP contribution in [0.3, 0.4) is 0 Å². The van der Waals surface area contributed by atoms with Crippen LogP contribution in [-0.2, 0) is 0 Å². The summed E-state index contributed by atoms with van der Waals surface area (Å²) in [6, 6.07) is 0. The van der Waals surface area contributed by atoms with Crippen LogP contribution in [0.1, 0.15) is 27.2 Å². The maximum atomic E-state index is 3.84. The molecule has 0 aliphatic heterocycles. The topological polar surface area (TPSA) is 0 Å². The third kappa shape index (κ3) is 8.09. The second-order valence-electron chi connectivity index (χ2n) is 2.63. The van der Waals surface area contributed by atoms with Gasteiger partial charge in [-0.25, -0.2) is 0 Å². The van der Waals surface area contributed by atoms with Gasteiger partial charge in [-0.15, -0.1) is 6.58 Å². The van der Waals surface area contributed by atoms with E-state index in [1.165, 1.54) is 17.7 Å². The van der Waals surface area contributed by atoms with E-state index in [1.807, 2.05) is 11.8 Å². The van der Waals surface area contributed by atoms with Gasteiger partial charge in [0.25, 0.3) is 0 Å². The van der Waals surface area contributed by atoms with E-state index in [4.69, 9.17) is 0 Å². The summed E-state index contributed by atoms with van der Waals surface area (Å²) in [7, 11) is 0. The standard InChI is InChI=1S/C8H16S/c1-7(2)5-6-9-8(3)4/h8H,1,5-6H2,2-4H3. The number of hydrogen-bond acceptors (Lipinski definition) is 1. The minimum atomic E-state index is 0.768. The highest BCUT2D eigenvalue weighted by Crippen LogP contribution is 2.12. The summed E-state index contributed by atoms with van der Waals surface area (Å²) in [5.41, 5.74) is 1.29. The van der Waals surface area contributed by atoms with Crippen LogP contribution in [0, 0.1) is 0 Å². The molecule has 0 rings (SSSR count). The summed E-state index contributed by atoms with van der Waals surface area (Å²) in [5, 5.41) is 0.768. The summed E-state index contributed by atoms with van der Waals surface area (Å²) in [4.78, 5) is 0. The van der Waals surface area contributed by atoms with Crippen LogP contribution in [0.25, 0.3) is 0 Å². The zero-order valence-electron chi connectivity index (χ0n) is 6.61. The van der Waals surface area contributed by atoms with Gasteiger partial charge in [-0.1, -0.05) is 19.4 Å². The summed E-state index contributed by atoms with van der Waals surface area (Å²) in [6.07, 6.45) is 1.17. The summed E-state index contributed by atoms with van der Waals surface area (Å²) in [6.45, 7) is 10.4. The molecular weight excluding hydrogens is 128 g/mol. The van der Waals surface area contributed by atoms with Gasteiger partial charge in [0, 0.05) is 0 Å². The van der Waals surface area contributed by atoms with Gasteiger partial charge in [0.05, 0.1) is 0 Å². The van der Waals surface area contributed by atoms with Crippen LogP contribution >= 0.6 is 11.8 Å². The van der Waals surface area contributed by atoms with Gasteiger partial charge < -0.3 is 0 Å². The molecule has 1 heteroatoms. The lowest BCUT2D eigenvalue weighted by Gasteiger charge is -2.02. The molecule has 0 unspecified atom stereocenters. The van der Waals surface area contributed by atoms with E-state index < -0.39 is 0 Å². The Labute approximate surface area is 62.7 Å². The normalized spacial score (nSPS) is 10.2. The third-order valence-corrected chi connectivity index (χ3v) is 2.09. The number of rotatable bonds is 4. The van der Waals surface area contributed by atoms with E-state index in [-0.39, 0.29) is 0 Å². The number of allylic oxidation sites excluding steroid dienone is 1. The predicted molar refractivity (Wildman–Crippen MR) is 47.0 cm³/mol. The predicted octanol–water partition coefficient (Wildman–Crippen LogP) is 3.09. The van der Waals surface area contributed by atoms with Crippen LogP contribution in [0.15, 0.2) is 12.2 Å². The average molecular weight is 144 g/mol. The van der Waals surface area contributed by atoms with E-state index in [9.17, 15) is 0 Å². The quantitative estimate of drug-likeness (QED) is 0.546. The molecule has 9 heavy (non-hydrogen) atoms. The molecule has 54 valence electrons. The lowest BCUT2D eigenvalue weighted by Crippen LogP contribution is -1.89. The van der Waals surface area contributed by atoms with Crippen molar-refractivity contribution < 1.29 is 0 Å². The minimum Gasteiger partial charge on any atom is -0.159 e. The summed E-state index contributed by atoms with van der Waals surface area (Å²) >= 11 is 2.00. The van der Waals surface area contributed by atoms with Crippen molar-refractivity contribution in [1.29, 1.82) is 0 Å². The van der Waals surface area contributed by atoms with Gasteiger partial charge in [-0.2, -0.15) is 11.8 Å². The summed E-state index contributed by atoms with van der Waals surface area (Å²) < 4.78 is 0. The Hall–Kier alpha value is 0.0900. The Morgan fingerprint density at radius 2 is 2.11 bits per heavy atom. The van der Waals surface area contributed by atoms with Crippen molar-refractivity contribution in [3.63, 3.8) is 0 Å². The molecule has 0 atom stereocenters. The highest BCUT2D eigenvalue weighted by molar-refractivity contribution is 7.99. The molecule has 0 radical (unpaired) electrons. The molecule has 0 fully saturated rings. The lowest BCUT2D eigenvalue weighted by molar-refractivity contribution is 1.08. The van der Waals surface area contributed by atoms with Gasteiger partial charge in [0.2, 0.25) is 0 Å². The first-order chi connectivity index (χ1) is 4.13. The molecular formula is C8H16S. The largest absolute Gasteiger partial charge is 0.159 e. The fourth-order valence-corrected chi connectivity index (χ4v) is 1.41. The van der Waals surface area contributed by atoms with E-state index in [0.29, 0.717) is 0 Å². The molecule has 0 spiro atoms. The molecule has 0 bridgehead atoms. The molecule has 0 aromatic rings. The van der Waals surface area contributed by atoms with Crippen molar-refractivity contribution in [2.45, 2.75) is 32.4 Å². The molecule has 0 amide bonds. The SMILES string of the molecule is C=C(C)CCSC(C)C. The van der Waals surface area contributed by atoms with Crippen molar-refractivity contribution in [1.82, 2.24) is 0 Å². The van der Waals surface area contributed by atoms with Crippen LogP contribution in [0.5, 0.6) is 0 Å². The molecule has 0 N–H and O–H groups in total. The average Bonchev–Trinajstić information content (AvgIpc) is 1.63. The molecule has 0 nitrogen and oxygen atoms in total. The molecule has 0 aromatic carbocycles. The van der Waals surface area contributed by atoms with E-state index in [2.05, 4.69) is 27.4 Å². The van der Waals surface area contributed by atoms with Crippen molar-refractivity contribution in [2.75, 3.05) is 5.75 Å². The van der Waals surface area contributed by atoms with Crippen molar-refractivity contribution in [2.24, 2.45) is 0 Å². The Morgan fingerprint density at radius 1 is 1.56 bits per heavy atom. The Balaban J connectivity index is 3.01. The molecule has 0 saturated heterocycles. The van der Waals surface area contributed by atoms with E-state index in [0.717, 1.165) is 5.25 Å². The van der Waals surface area contributed by atoms with E-state index >= 15 is 0 Å². The van der Waals surface area contributed by atoms with Gasteiger partial charge >= 0.3 is 0 Å². The second kappa shape index (κ2) is 4.92. The first-order valence-corrected chi connectivity index (χ1v) is 4.43. The van der Waals surface area contributed by atoms with Gasteiger partial charge in [-0.05, 0) is 24.3 Å². The maximum absolute atomic E-state index is 3.84. The van der Waals surface area contributed by atoms with Crippen molar-refractivity contribution in [3.8, 4) is 0 Å². The first kappa shape index (κ1) is 9.09. The monoisotopic (exact) mass is 144 g/mol. The fraction of sp³-hybridized carbons (Fsp3) is 0.750. The minimum absolute atomic E-state index is 0.768. The Morgan fingerprint density at radius 3 is 2.44 bits per heavy atom. The Bertz CT molecular complexity index is 84.6. The van der Waals surface area contributed by atoms with Crippen molar-refractivity contribution >= 4 is 11.8 Å². The highest BCUT2D eigenvalue weighted by atomic mass is 32.2.